The number of aromatic nitrogens is 1. The van der Waals surface area contributed by atoms with Crippen LogP contribution in [0.2, 0.25) is 0 Å². The van der Waals surface area contributed by atoms with E-state index >= 15 is 0 Å². The third-order valence-electron chi connectivity index (χ3n) is 4.02. The second kappa shape index (κ2) is 8.71. The van der Waals surface area contributed by atoms with Gasteiger partial charge < -0.3 is 9.30 Å². The highest BCUT2D eigenvalue weighted by atomic mass is 16.5. The van der Waals surface area contributed by atoms with Crippen LogP contribution in [-0.4, -0.2) is 23.0 Å². The Kier molecular flexibility index (Phi) is 5.89. The molecule has 1 aromatic heterocycles. The SMILES string of the molecule is CCc1cccc(OCC(=O)NNC(=O)c2ccccc2-n2cccc2)c1. The molecule has 0 saturated carbocycles. The Hall–Kier alpha value is -3.54. The molecule has 0 saturated heterocycles. The number of amides is 2. The lowest BCUT2D eigenvalue weighted by atomic mass is 10.1. The molecule has 27 heavy (non-hydrogen) atoms. The molecule has 1 heterocycles. The third-order valence-corrected chi connectivity index (χ3v) is 4.02. The molecule has 0 fully saturated rings. The van der Waals surface area contributed by atoms with E-state index in [2.05, 4.69) is 10.9 Å². The molecule has 3 aromatic rings. The lowest BCUT2D eigenvalue weighted by Crippen LogP contribution is -2.44. The molecule has 0 unspecified atom stereocenters. The normalized spacial score (nSPS) is 10.3. The molecule has 2 amide bonds. The van der Waals surface area contributed by atoms with Crippen molar-refractivity contribution in [3.8, 4) is 11.4 Å². The zero-order chi connectivity index (χ0) is 19.1. The third kappa shape index (κ3) is 4.76. The largest absolute Gasteiger partial charge is 0.484 e. The minimum Gasteiger partial charge on any atom is -0.484 e. The van der Waals surface area contributed by atoms with Crippen molar-refractivity contribution in [3.63, 3.8) is 0 Å². The molecule has 3 rings (SSSR count). The molecule has 0 spiro atoms. The van der Waals surface area contributed by atoms with Gasteiger partial charge in [-0.2, -0.15) is 0 Å². The summed E-state index contributed by atoms with van der Waals surface area (Å²) in [6.07, 6.45) is 4.59. The first-order valence-corrected chi connectivity index (χ1v) is 8.70. The summed E-state index contributed by atoms with van der Waals surface area (Å²) in [6, 6.07) is 18.5. The number of hydrogen-bond donors (Lipinski definition) is 2. The number of hydrazine groups is 1. The Morgan fingerprint density at radius 2 is 1.74 bits per heavy atom. The Morgan fingerprint density at radius 3 is 2.52 bits per heavy atom. The first-order valence-electron chi connectivity index (χ1n) is 8.70. The molecule has 0 radical (unpaired) electrons. The van der Waals surface area contributed by atoms with Gasteiger partial charge in [0.25, 0.3) is 11.8 Å². The molecule has 0 bridgehead atoms. The van der Waals surface area contributed by atoms with Crippen molar-refractivity contribution in [3.05, 3.63) is 84.2 Å². The smallest absolute Gasteiger partial charge is 0.276 e. The molecule has 6 heteroatoms. The molecule has 0 aliphatic heterocycles. The summed E-state index contributed by atoms with van der Waals surface area (Å²) in [5, 5.41) is 0. The van der Waals surface area contributed by atoms with Crippen molar-refractivity contribution in [2.45, 2.75) is 13.3 Å². The van der Waals surface area contributed by atoms with Gasteiger partial charge in [-0.25, -0.2) is 0 Å². The van der Waals surface area contributed by atoms with Crippen LogP contribution in [0.5, 0.6) is 5.75 Å². The van der Waals surface area contributed by atoms with Crippen LogP contribution in [-0.2, 0) is 11.2 Å². The average molecular weight is 363 g/mol. The van der Waals surface area contributed by atoms with Gasteiger partial charge in [0.1, 0.15) is 5.75 Å². The first kappa shape index (κ1) is 18.3. The van der Waals surface area contributed by atoms with Crippen LogP contribution in [0.15, 0.2) is 73.1 Å². The molecular weight excluding hydrogens is 342 g/mol. The molecule has 138 valence electrons. The summed E-state index contributed by atoms with van der Waals surface area (Å²) < 4.78 is 7.30. The Balaban J connectivity index is 1.56. The van der Waals surface area contributed by atoms with Crippen molar-refractivity contribution in [2.75, 3.05) is 6.61 Å². The molecule has 0 aliphatic carbocycles. The van der Waals surface area contributed by atoms with Gasteiger partial charge in [0.15, 0.2) is 6.61 Å². The van der Waals surface area contributed by atoms with Gasteiger partial charge in [-0.1, -0.05) is 31.2 Å². The Labute approximate surface area is 157 Å². The summed E-state index contributed by atoms with van der Waals surface area (Å²) in [5.74, 6) is -0.224. The van der Waals surface area contributed by atoms with Gasteiger partial charge in [-0.15, -0.1) is 0 Å². The topological polar surface area (TPSA) is 72.4 Å². The van der Waals surface area contributed by atoms with Gasteiger partial charge in [0.2, 0.25) is 0 Å². The van der Waals surface area contributed by atoms with E-state index in [0.717, 1.165) is 17.7 Å². The number of hydrogen-bond acceptors (Lipinski definition) is 3. The molecule has 2 N–H and O–H groups in total. The minimum atomic E-state index is -0.441. The number of rotatable bonds is 6. The van der Waals surface area contributed by atoms with Gasteiger partial charge in [-0.3, -0.25) is 20.4 Å². The van der Waals surface area contributed by atoms with E-state index in [4.69, 9.17) is 4.74 Å². The Morgan fingerprint density at radius 1 is 0.963 bits per heavy atom. The maximum atomic E-state index is 12.4. The van der Waals surface area contributed by atoms with Gasteiger partial charge in [-0.05, 0) is 48.4 Å². The predicted molar refractivity (Wildman–Crippen MR) is 103 cm³/mol. The number of para-hydroxylation sites is 1. The quantitative estimate of drug-likeness (QED) is 0.662. The second-order valence-corrected chi connectivity index (χ2v) is 5.90. The average Bonchev–Trinajstić information content (AvgIpc) is 3.25. The van der Waals surface area contributed by atoms with Crippen LogP contribution < -0.4 is 15.6 Å². The zero-order valence-corrected chi connectivity index (χ0v) is 15.0. The molecule has 2 aromatic carbocycles. The number of carbonyl (C=O) groups excluding carboxylic acids is 2. The predicted octanol–water partition coefficient (Wildman–Crippen LogP) is 2.88. The lowest BCUT2D eigenvalue weighted by molar-refractivity contribution is -0.123. The van der Waals surface area contributed by atoms with E-state index in [1.54, 1.807) is 18.2 Å². The maximum Gasteiger partial charge on any atom is 0.276 e. The highest BCUT2D eigenvalue weighted by Gasteiger charge is 2.13. The summed E-state index contributed by atoms with van der Waals surface area (Å²) in [7, 11) is 0. The molecular formula is C21H21N3O3. The summed E-state index contributed by atoms with van der Waals surface area (Å²) in [6.45, 7) is 1.86. The van der Waals surface area contributed by atoms with E-state index in [9.17, 15) is 9.59 Å². The second-order valence-electron chi connectivity index (χ2n) is 5.90. The summed E-state index contributed by atoms with van der Waals surface area (Å²) in [4.78, 5) is 24.4. The fraction of sp³-hybridized carbons (Fsp3) is 0.143. The first-order chi connectivity index (χ1) is 13.2. The minimum absolute atomic E-state index is 0.188. The van der Waals surface area contributed by atoms with Crippen molar-refractivity contribution in [2.24, 2.45) is 0 Å². The van der Waals surface area contributed by atoms with Gasteiger partial charge >= 0.3 is 0 Å². The van der Waals surface area contributed by atoms with Crippen molar-refractivity contribution in [1.82, 2.24) is 15.4 Å². The van der Waals surface area contributed by atoms with E-state index in [1.165, 1.54) is 0 Å². The number of carbonyl (C=O) groups is 2. The number of nitrogens with one attached hydrogen (secondary N) is 2. The summed E-state index contributed by atoms with van der Waals surface area (Å²) >= 11 is 0. The van der Waals surface area contributed by atoms with Crippen LogP contribution >= 0.6 is 0 Å². The lowest BCUT2D eigenvalue weighted by Gasteiger charge is -2.12. The van der Waals surface area contributed by atoms with E-state index < -0.39 is 11.8 Å². The number of ether oxygens (including phenoxy) is 1. The molecule has 0 atom stereocenters. The van der Waals surface area contributed by atoms with Crippen molar-refractivity contribution in [1.29, 1.82) is 0 Å². The number of benzene rings is 2. The van der Waals surface area contributed by atoms with Gasteiger partial charge in [0, 0.05) is 12.4 Å². The van der Waals surface area contributed by atoms with Crippen LogP contribution in [0.1, 0.15) is 22.8 Å². The number of nitrogens with zero attached hydrogens (tertiary/aromatic N) is 1. The molecule has 0 aliphatic rings. The number of aryl methyl sites for hydroxylation is 1. The van der Waals surface area contributed by atoms with E-state index in [0.29, 0.717) is 11.3 Å². The highest BCUT2D eigenvalue weighted by molar-refractivity contribution is 5.98. The van der Waals surface area contributed by atoms with E-state index in [1.807, 2.05) is 66.3 Å². The molecule has 6 nitrogen and oxygen atoms in total. The summed E-state index contributed by atoms with van der Waals surface area (Å²) in [5.41, 5.74) is 7.11. The zero-order valence-electron chi connectivity index (χ0n) is 15.0. The van der Waals surface area contributed by atoms with Crippen molar-refractivity contribution >= 4 is 11.8 Å². The van der Waals surface area contributed by atoms with Crippen LogP contribution in [0, 0.1) is 0 Å². The van der Waals surface area contributed by atoms with E-state index in [-0.39, 0.29) is 6.61 Å². The monoisotopic (exact) mass is 363 g/mol. The van der Waals surface area contributed by atoms with Gasteiger partial charge in [0.05, 0.1) is 11.3 Å². The highest BCUT2D eigenvalue weighted by Crippen LogP contribution is 2.15. The maximum absolute atomic E-state index is 12.4. The standard InChI is InChI=1S/C21H21N3O3/c1-2-16-8-7-9-17(14-16)27-15-20(25)22-23-21(26)18-10-3-4-11-19(18)24-12-5-6-13-24/h3-14H,2,15H2,1H3,(H,22,25)(H,23,26). The fourth-order valence-electron chi connectivity index (χ4n) is 2.62. The van der Waals surface area contributed by atoms with Crippen LogP contribution in [0.3, 0.4) is 0 Å². The van der Waals surface area contributed by atoms with Crippen molar-refractivity contribution < 1.29 is 14.3 Å². The fourth-order valence-corrected chi connectivity index (χ4v) is 2.62. The van der Waals surface area contributed by atoms with Crippen LogP contribution in [0.25, 0.3) is 5.69 Å². The van der Waals surface area contributed by atoms with Crippen LogP contribution in [0.4, 0.5) is 0 Å². The Bertz CT molecular complexity index is 920.